The highest BCUT2D eigenvalue weighted by atomic mass is 16.2. The van der Waals surface area contributed by atoms with E-state index in [2.05, 4.69) is 114 Å². The van der Waals surface area contributed by atoms with Gasteiger partial charge >= 0.3 is 6.03 Å². The van der Waals surface area contributed by atoms with Crippen LogP contribution in [0.5, 0.6) is 0 Å². The van der Waals surface area contributed by atoms with E-state index in [1.165, 1.54) is 16.7 Å². The Bertz CT molecular complexity index is 1220. The van der Waals surface area contributed by atoms with Crippen molar-refractivity contribution in [2.24, 2.45) is 0 Å². The fourth-order valence-corrected chi connectivity index (χ4v) is 6.52. The first kappa shape index (κ1) is 22.7. The highest BCUT2D eigenvalue weighted by Crippen LogP contribution is 2.46. The second-order valence-corrected chi connectivity index (χ2v) is 10.7. The number of urea groups is 1. The van der Waals surface area contributed by atoms with Crippen molar-refractivity contribution >= 4 is 6.03 Å². The van der Waals surface area contributed by atoms with E-state index in [0.717, 1.165) is 31.6 Å². The van der Waals surface area contributed by atoms with Gasteiger partial charge in [-0.25, -0.2) is 9.80 Å². The van der Waals surface area contributed by atoms with Crippen molar-refractivity contribution < 1.29 is 4.79 Å². The molecule has 184 valence electrons. The van der Waals surface area contributed by atoms with Gasteiger partial charge in [0.15, 0.2) is 0 Å². The summed E-state index contributed by atoms with van der Waals surface area (Å²) in [4.78, 5) is 16.6. The van der Waals surface area contributed by atoms with Crippen LogP contribution in [0.25, 0.3) is 0 Å². The summed E-state index contributed by atoms with van der Waals surface area (Å²) in [7, 11) is 0. The lowest BCUT2D eigenvalue weighted by atomic mass is 9.80. The Morgan fingerprint density at radius 2 is 1.44 bits per heavy atom. The quantitative estimate of drug-likeness (QED) is 0.499. The average molecular weight is 479 g/mol. The zero-order valence-electron chi connectivity index (χ0n) is 21.1. The Hall–Kier alpha value is -3.73. The summed E-state index contributed by atoms with van der Waals surface area (Å²) >= 11 is 0. The smallest absolute Gasteiger partial charge is 0.340 e. The van der Waals surface area contributed by atoms with E-state index in [0.29, 0.717) is 6.54 Å². The molecule has 6 rings (SSSR count). The predicted octanol–water partition coefficient (Wildman–Crippen LogP) is 6.03. The summed E-state index contributed by atoms with van der Waals surface area (Å²) in [5.74, 6) is 1.03. The Morgan fingerprint density at radius 3 is 2.06 bits per heavy atom. The lowest BCUT2D eigenvalue weighted by molar-refractivity contribution is -0.0550. The van der Waals surface area contributed by atoms with Gasteiger partial charge in [0.1, 0.15) is 5.82 Å². The first-order chi connectivity index (χ1) is 17.5. The van der Waals surface area contributed by atoms with Gasteiger partial charge in [-0.2, -0.15) is 0 Å². The van der Waals surface area contributed by atoms with E-state index in [9.17, 15) is 4.79 Å². The van der Waals surface area contributed by atoms with Crippen molar-refractivity contribution in [1.82, 2.24) is 20.2 Å². The van der Waals surface area contributed by atoms with E-state index in [1.54, 1.807) is 0 Å². The van der Waals surface area contributed by atoms with Gasteiger partial charge in [0.2, 0.25) is 0 Å². The van der Waals surface area contributed by atoms with Crippen LogP contribution in [0.1, 0.15) is 55.8 Å². The molecule has 0 bridgehead atoms. The first-order valence-electron chi connectivity index (χ1n) is 13.0. The summed E-state index contributed by atoms with van der Waals surface area (Å²) < 4.78 is 0. The Labute approximate surface area is 214 Å². The molecule has 1 atom stereocenters. The number of nitrogens with one attached hydrogen (secondary N) is 1. The van der Waals surface area contributed by atoms with E-state index in [1.807, 2.05) is 17.1 Å². The molecule has 0 aliphatic carbocycles. The summed E-state index contributed by atoms with van der Waals surface area (Å²) in [5, 5.41) is 7.88. The van der Waals surface area contributed by atoms with Gasteiger partial charge in [0, 0.05) is 6.54 Å². The number of amides is 2. The molecular weight excluding hydrogens is 444 g/mol. The second kappa shape index (κ2) is 8.74. The molecule has 5 heteroatoms. The van der Waals surface area contributed by atoms with Crippen LogP contribution >= 0.6 is 0 Å². The number of hydrogen-bond donors (Lipinski definition) is 1. The Balaban J connectivity index is 1.34. The average Bonchev–Trinajstić information content (AvgIpc) is 3.56. The predicted molar refractivity (Wildman–Crippen MR) is 143 cm³/mol. The minimum Gasteiger partial charge on any atom is -0.364 e. The van der Waals surface area contributed by atoms with Crippen molar-refractivity contribution in [2.45, 2.75) is 50.2 Å². The maximum absolute atomic E-state index is 14.5. The largest absolute Gasteiger partial charge is 0.364 e. The third-order valence-electron chi connectivity index (χ3n) is 8.06. The lowest BCUT2D eigenvalue weighted by Gasteiger charge is -2.51. The molecule has 0 aromatic heterocycles. The fraction of sp³-hybridized carbons (Fsp3) is 0.323. The van der Waals surface area contributed by atoms with Gasteiger partial charge in [-0.1, -0.05) is 91.0 Å². The van der Waals surface area contributed by atoms with Crippen LogP contribution < -0.4 is 5.32 Å². The van der Waals surface area contributed by atoms with E-state index in [-0.39, 0.29) is 17.6 Å². The highest BCUT2D eigenvalue weighted by molar-refractivity contribution is 5.77. The van der Waals surface area contributed by atoms with Crippen molar-refractivity contribution in [2.75, 3.05) is 13.1 Å². The SMILES string of the molecule is CC1(C)CC(c2ccccc2)NC2=CCN(C(=O)N3CCCC3(c3ccccc3)c3ccccc3)N21. The molecule has 3 aliphatic rings. The Kier molecular flexibility index (Phi) is 5.51. The molecule has 3 aliphatic heterocycles. The number of benzene rings is 3. The van der Waals surface area contributed by atoms with Gasteiger partial charge in [0.25, 0.3) is 0 Å². The van der Waals surface area contributed by atoms with Crippen LogP contribution in [0, 0.1) is 0 Å². The van der Waals surface area contributed by atoms with Gasteiger partial charge in [-0.15, -0.1) is 0 Å². The first-order valence-corrected chi connectivity index (χ1v) is 13.0. The van der Waals surface area contributed by atoms with Gasteiger partial charge in [-0.05, 0) is 55.9 Å². The van der Waals surface area contributed by atoms with Crippen LogP contribution in [-0.4, -0.2) is 39.6 Å². The molecular formula is C31H34N4O. The molecule has 0 spiro atoms. The van der Waals surface area contributed by atoms with Crippen LogP contribution in [-0.2, 0) is 5.54 Å². The topological polar surface area (TPSA) is 38.8 Å². The molecule has 36 heavy (non-hydrogen) atoms. The number of carbonyl (C=O) groups excluding carboxylic acids is 1. The second-order valence-electron chi connectivity index (χ2n) is 10.7. The van der Waals surface area contributed by atoms with Gasteiger partial charge in [-0.3, -0.25) is 5.01 Å². The molecule has 1 N–H and O–H groups in total. The van der Waals surface area contributed by atoms with Crippen molar-refractivity contribution in [1.29, 1.82) is 0 Å². The molecule has 2 amide bonds. The molecule has 5 nitrogen and oxygen atoms in total. The Morgan fingerprint density at radius 1 is 0.861 bits per heavy atom. The number of likely N-dealkylation sites (tertiary alicyclic amines) is 1. The number of carbonyl (C=O) groups is 1. The van der Waals surface area contributed by atoms with E-state index < -0.39 is 5.54 Å². The van der Waals surface area contributed by atoms with Crippen molar-refractivity contribution in [3.05, 3.63) is 120 Å². The van der Waals surface area contributed by atoms with Crippen LogP contribution in [0.15, 0.2) is 103 Å². The van der Waals surface area contributed by atoms with E-state index >= 15 is 0 Å². The maximum atomic E-state index is 14.5. The molecule has 3 aromatic rings. The molecule has 0 radical (unpaired) electrons. The number of fused-ring (bicyclic) bond motifs is 1. The fourth-order valence-electron chi connectivity index (χ4n) is 6.52. The third kappa shape index (κ3) is 3.57. The monoisotopic (exact) mass is 478 g/mol. The number of rotatable bonds is 3. The maximum Gasteiger partial charge on any atom is 0.340 e. The molecule has 2 saturated heterocycles. The number of nitrogens with zero attached hydrogens (tertiary/aromatic N) is 3. The molecule has 0 saturated carbocycles. The lowest BCUT2D eigenvalue weighted by Crippen LogP contribution is -2.62. The highest BCUT2D eigenvalue weighted by Gasteiger charge is 2.51. The van der Waals surface area contributed by atoms with Crippen LogP contribution in [0.2, 0.25) is 0 Å². The third-order valence-corrected chi connectivity index (χ3v) is 8.06. The van der Waals surface area contributed by atoms with Crippen LogP contribution in [0.4, 0.5) is 4.79 Å². The van der Waals surface area contributed by atoms with Gasteiger partial charge < -0.3 is 10.2 Å². The normalized spacial score (nSPS) is 22.1. The minimum atomic E-state index is -0.470. The number of hydrazine groups is 1. The van der Waals surface area contributed by atoms with Gasteiger partial charge in [0.05, 0.1) is 23.7 Å². The standard InChI is InChI=1S/C31H34N4O/c1-30(2)23-27(24-13-6-3-7-14-24)32-28-19-22-34(35(28)30)29(36)33-21-12-20-31(33,25-15-8-4-9-16-25)26-17-10-5-11-18-26/h3-11,13-19,27,32H,12,20-23H2,1-2H3. The van der Waals surface area contributed by atoms with Crippen molar-refractivity contribution in [3.8, 4) is 0 Å². The molecule has 3 aromatic carbocycles. The minimum absolute atomic E-state index is 0.0690. The van der Waals surface area contributed by atoms with Crippen LogP contribution in [0.3, 0.4) is 0 Å². The zero-order chi connectivity index (χ0) is 24.8. The van der Waals surface area contributed by atoms with Crippen molar-refractivity contribution in [3.63, 3.8) is 0 Å². The summed E-state index contributed by atoms with van der Waals surface area (Å²) in [6, 6.07) is 32.0. The molecule has 1 unspecified atom stereocenters. The summed E-state index contributed by atoms with van der Waals surface area (Å²) in [5.41, 5.74) is 2.94. The van der Waals surface area contributed by atoms with E-state index in [4.69, 9.17) is 0 Å². The summed E-state index contributed by atoms with van der Waals surface area (Å²) in [6.45, 7) is 5.80. The number of hydrogen-bond acceptors (Lipinski definition) is 3. The molecule has 3 heterocycles. The summed E-state index contributed by atoms with van der Waals surface area (Å²) in [6.07, 6.45) is 4.96. The molecule has 2 fully saturated rings. The zero-order valence-corrected chi connectivity index (χ0v) is 21.1.